The zero-order valence-electron chi connectivity index (χ0n) is 9.71. The molecule has 0 bridgehead atoms. The molecule has 18 heavy (non-hydrogen) atoms. The number of pyridine rings is 2. The molecule has 2 aromatic heterocycles. The summed E-state index contributed by atoms with van der Waals surface area (Å²) in [6.07, 6.45) is 5.48. The van der Waals surface area contributed by atoms with E-state index in [9.17, 15) is 4.79 Å². The summed E-state index contributed by atoms with van der Waals surface area (Å²) in [6, 6.07) is 7.16. The lowest BCUT2D eigenvalue weighted by Crippen LogP contribution is -2.04. The third-order valence-corrected chi connectivity index (χ3v) is 3.10. The van der Waals surface area contributed by atoms with Gasteiger partial charge in [0.2, 0.25) is 0 Å². The number of aromatic nitrogens is 2. The van der Waals surface area contributed by atoms with Crippen molar-refractivity contribution in [1.29, 1.82) is 0 Å². The van der Waals surface area contributed by atoms with Gasteiger partial charge >= 0.3 is 5.97 Å². The number of hydrogen-bond acceptors (Lipinski definition) is 3. The van der Waals surface area contributed by atoms with Gasteiger partial charge in [0.25, 0.3) is 0 Å². The summed E-state index contributed by atoms with van der Waals surface area (Å²) in [7, 11) is 0. The molecule has 4 nitrogen and oxygen atoms in total. The molecule has 0 unspecified atom stereocenters. The van der Waals surface area contributed by atoms with Gasteiger partial charge in [-0.3, -0.25) is 9.97 Å². The minimum Gasteiger partial charge on any atom is -0.478 e. The second-order valence-electron chi connectivity index (χ2n) is 4.44. The molecule has 0 aromatic carbocycles. The van der Waals surface area contributed by atoms with Gasteiger partial charge < -0.3 is 5.11 Å². The maximum atomic E-state index is 11.2. The van der Waals surface area contributed by atoms with Gasteiger partial charge in [-0.05, 0) is 37.1 Å². The van der Waals surface area contributed by atoms with Crippen LogP contribution in [0.25, 0.3) is 11.3 Å². The van der Waals surface area contributed by atoms with Gasteiger partial charge in [0.1, 0.15) is 0 Å². The monoisotopic (exact) mass is 240 g/mol. The van der Waals surface area contributed by atoms with Crippen molar-refractivity contribution in [3.8, 4) is 11.3 Å². The zero-order valence-corrected chi connectivity index (χ0v) is 9.71. The minimum absolute atomic E-state index is 0.317. The van der Waals surface area contributed by atoms with Crippen LogP contribution in [0.4, 0.5) is 0 Å². The fourth-order valence-corrected chi connectivity index (χ4v) is 2.01. The number of nitrogens with zero attached hydrogens (tertiary/aromatic N) is 2. The highest BCUT2D eigenvalue weighted by molar-refractivity contribution is 5.89. The van der Waals surface area contributed by atoms with Gasteiger partial charge in [0, 0.05) is 23.9 Å². The molecule has 1 aliphatic carbocycles. The molecular weight excluding hydrogens is 228 g/mol. The van der Waals surface area contributed by atoms with Crippen molar-refractivity contribution in [2.45, 2.75) is 18.8 Å². The molecule has 1 aliphatic rings. The fourth-order valence-electron chi connectivity index (χ4n) is 2.01. The van der Waals surface area contributed by atoms with Gasteiger partial charge in [0.05, 0.1) is 17.0 Å². The van der Waals surface area contributed by atoms with E-state index in [1.807, 2.05) is 12.1 Å². The zero-order chi connectivity index (χ0) is 12.5. The van der Waals surface area contributed by atoms with Crippen LogP contribution in [-0.4, -0.2) is 21.0 Å². The maximum absolute atomic E-state index is 11.2. The number of aromatic carboxylic acids is 1. The SMILES string of the molecule is O=C(O)c1ccc(-c2ccncc2)nc1C1CC1. The van der Waals surface area contributed by atoms with E-state index < -0.39 is 5.97 Å². The molecule has 1 N–H and O–H groups in total. The first-order valence-corrected chi connectivity index (χ1v) is 5.90. The molecule has 0 aliphatic heterocycles. The van der Waals surface area contributed by atoms with Gasteiger partial charge in [-0.25, -0.2) is 4.79 Å². The molecule has 1 fully saturated rings. The average Bonchev–Trinajstić information content (AvgIpc) is 3.23. The molecule has 0 saturated heterocycles. The van der Waals surface area contributed by atoms with Crippen LogP contribution in [0.1, 0.15) is 34.8 Å². The largest absolute Gasteiger partial charge is 0.478 e. The molecule has 2 heterocycles. The first-order chi connectivity index (χ1) is 8.75. The van der Waals surface area contributed by atoms with Crippen LogP contribution in [0.5, 0.6) is 0 Å². The fraction of sp³-hybridized carbons (Fsp3) is 0.214. The lowest BCUT2D eigenvalue weighted by Gasteiger charge is -2.07. The lowest BCUT2D eigenvalue weighted by atomic mass is 10.1. The van der Waals surface area contributed by atoms with Crippen LogP contribution < -0.4 is 0 Å². The quantitative estimate of drug-likeness (QED) is 0.895. The van der Waals surface area contributed by atoms with Crippen molar-refractivity contribution in [3.05, 3.63) is 47.9 Å². The molecule has 0 atom stereocenters. The molecule has 2 aromatic rings. The number of carbonyl (C=O) groups is 1. The Bertz CT molecular complexity index is 592. The van der Waals surface area contributed by atoms with Gasteiger partial charge in [-0.2, -0.15) is 0 Å². The Hall–Kier alpha value is -2.23. The highest BCUT2D eigenvalue weighted by Crippen LogP contribution is 2.41. The Balaban J connectivity index is 2.08. The van der Waals surface area contributed by atoms with Gasteiger partial charge in [-0.15, -0.1) is 0 Å². The third-order valence-electron chi connectivity index (χ3n) is 3.10. The Morgan fingerprint density at radius 2 is 1.89 bits per heavy atom. The summed E-state index contributed by atoms with van der Waals surface area (Å²) < 4.78 is 0. The second-order valence-corrected chi connectivity index (χ2v) is 4.44. The predicted molar refractivity (Wildman–Crippen MR) is 66.4 cm³/mol. The van der Waals surface area contributed by atoms with E-state index in [0.717, 1.165) is 29.8 Å². The van der Waals surface area contributed by atoms with Gasteiger partial charge in [-0.1, -0.05) is 0 Å². The highest BCUT2D eigenvalue weighted by Gasteiger charge is 2.29. The summed E-state index contributed by atoms with van der Waals surface area (Å²) in [5.41, 5.74) is 2.82. The average molecular weight is 240 g/mol. The van der Waals surface area contributed by atoms with Crippen LogP contribution in [0, 0.1) is 0 Å². The first-order valence-electron chi connectivity index (χ1n) is 5.90. The Kier molecular flexibility index (Phi) is 2.55. The molecule has 0 spiro atoms. The predicted octanol–water partition coefficient (Wildman–Crippen LogP) is 2.72. The van der Waals surface area contributed by atoms with E-state index in [-0.39, 0.29) is 0 Å². The van der Waals surface area contributed by atoms with Crippen molar-refractivity contribution in [1.82, 2.24) is 9.97 Å². The van der Waals surface area contributed by atoms with Crippen molar-refractivity contribution in [2.75, 3.05) is 0 Å². The Morgan fingerprint density at radius 1 is 1.17 bits per heavy atom. The topological polar surface area (TPSA) is 63.1 Å². The number of carboxylic acid groups (broad SMARTS) is 1. The molecule has 90 valence electrons. The van der Waals surface area contributed by atoms with E-state index in [0.29, 0.717) is 11.5 Å². The van der Waals surface area contributed by atoms with Crippen molar-refractivity contribution < 1.29 is 9.90 Å². The number of hydrogen-bond donors (Lipinski definition) is 1. The normalized spacial score (nSPS) is 14.4. The molecule has 0 amide bonds. The molecule has 3 rings (SSSR count). The van der Waals surface area contributed by atoms with Crippen molar-refractivity contribution in [2.24, 2.45) is 0 Å². The summed E-state index contributed by atoms with van der Waals surface area (Å²) in [4.78, 5) is 19.6. The smallest absolute Gasteiger partial charge is 0.337 e. The Labute approximate surface area is 104 Å². The third kappa shape index (κ3) is 1.97. The second kappa shape index (κ2) is 4.22. The molecular formula is C14H12N2O2. The standard InChI is InChI=1S/C14H12N2O2/c17-14(18)11-3-4-12(9-5-7-15-8-6-9)16-13(11)10-1-2-10/h3-8,10H,1-2H2,(H,17,18). The summed E-state index contributed by atoms with van der Waals surface area (Å²) in [5, 5.41) is 9.15. The maximum Gasteiger partial charge on any atom is 0.337 e. The van der Waals surface area contributed by atoms with E-state index in [2.05, 4.69) is 9.97 Å². The summed E-state index contributed by atoms with van der Waals surface area (Å²) in [6.45, 7) is 0. The van der Waals surface area contributed by atoms with Crippen LogP contribution in [0.3, 0.4) is 0 Å². The minimum atomic E-state index is -0.898. The van der Waals surface area contributed by atoms with Crippen LogP contribution >= 0.6 is 0 Å². The molecule has 0 radical (unpaired) electrons. The highest BCUT2D eigenvalue weighted by atomic mass is 16.4. The van der Waals surface area contributed by atoms with E-state index in [1.165, 1.54) is 0 Å². The summed E-state index contributed by atoms with van der Waals surface area (Å²) in [5.74, 6) is -0.580. The Morgan fingerprint density at radius 3 is 2.50 bits per heavy atom. The summed E-state index contributed by atoms with van der Waals surface area (Å²) >= 11 is 0. The number of carboxylic acids is 1. The molecule has 1 saturated carbocycles. The van der Waals surface area contributed by atoms with Gasteiger partial charge in [0.15, 0.2) is 0 Å². The molecule has 4 heteroatoms. The lowest BCUT2D eigenvalue weighted by molar-refractivity contribution is 0.0695. The van der Waals surface area contributed by atoms with E-state index in [1.54, 1.807) is 24.5 Å². The van der Waals surface area contributed by atoms with Crippen molar-refractivity contribution in [3.63, 3.8) is 0 Å². The van der Waals surface area contributed by atoms with Crippen LogP contribution in [-0.2, 0) is 0 Å². The van der Waals surface area contributed by atoms with E-state index in [4.69, 9.17) is 5.11 Å². The number of rotatable bonds is 3. The van der Waals surface area contributed by atoms with Crippen molar-refractivity contribution >= 4 is 5.97 Å². The van der Waals surface area contributed by atoms with E-state index >= 15 is 0 Å². The first kappa shape index (κ1) is 10.9. The van der Waals surface area contributed by atoms with Crippen LogP contribution in [0.2, 0.25) is 0 Å². The van der Waals surface area contributed by atoms with Crippen LogP contribution in [0.15, 0.2) is 36.7 Å².